The van der Waals surface area contributed by atoms with Crippen LogP contribution in [0, 0.1) is 0 Å². The highest BCUT2D eigenvalue weighted by molar-refractivity contribution is 5.76. The van der Waals surface area contributed by atoms with Gasteiger partial charge in [0.05, 0.1) is 18.8 Å². The highest BCUT2D eigenvalue weighted by Gasteiger charge is 2.44. The number of nitrogens with one attached hydrogen (secondary N) is 2. The highest BCUT2D eigenvalue weighted by atomic mass is 16.7. The summed E-state index contributed by atoms with van der Waals surface area (Å²) in [6, 6.07) is -0.989. The predicted octanol–water partition coefficient (Wildman–Crippen LogP) is 1.26. The molecule has 0 saturated carbocycles. The number of carbonyl (C=O) groups excluding carboxylic acids is 2. The molecular formula is C28H54N2O9. The van der Waals surface area contributed by atoms with E-state index in [2.05, 4.69) is 24.5 Å². The van der Waals surface area contributed by atoms with Crippen molar-refractivity contribution in [1.29, 1.82) is 0 Å². The summed E-state index contributed by atoms with van der Waals surface area (Å²) in [5, 5.41) is 57.6. The van der Waals surface area contributed by atoms with Crippen LogP contribution in [0.25, 0.3) is 0 Å². The second kappa shape index (κ2) is 20.5. The van der Waals surface area contributed by atoms with E-state index < -0.39 is 49.0 Å². The van der Waals surface area contributed by atoms with Gasteiger partial charge in [-0.1, -0.05) is 78.1 Å². The SMILES string of the molecule is CCCCCCCCC(=O)N[C@@H](COC1OC(CNC(C)=O)C(O)C(O)C1O)[C@H](O)[C@H](O)CCCCCCC. The lowest BCUT2D eigenvalue weighted by Gasteiger charge is -2.41. The Morgan fingerprint density at radius 3 is 2.05 bits per heavy atom. The lowest BCUT2D eigenvalue weighted by molar-refractivity contribution is -0.297. The lowest BCUT2D eigenvalue weighted by atomic mass is 9.98. The van der Waals surface area contributed by atoms with Crippen LogP contribution in [0.4, 0.5) is 0 Å². The van der Waals surface area contributed by atoms with Crippen LogP contribution in [0.1, 0.15) is 104 Å². The van der Waals surface area contributed by atoms with Crippen LogP contribution in [0.2, 0.25) is 0 Å². The summed E-state index contributed by atoms with van der Waals surface area (Å²) >= 11 is 0. The Kier molecular flexibility index (Phi) is 18.8. The van der Waals surface area contributed by atoms with Gasteiger partial charge in [0.15, 0.2) is 6.29 Å². The second-order valence-electron chi connectivity index (χ2n) is 10.7. The van der Waals surface area contributed by atoms with Crippen LogP contribution in [-0.4, -0.2) is 99.5 Å². The molecule has 1 aliphatic heterocycles. The molecule has 1 saturated heterocycles. The molecule has 0 bridgehead atoms. The average molecular weight is 563 g/mol. The van der Waals surface area contributed by atoms with Gasteiger partial charge < -0.3 is 45.6 Å². The van der Waals surface area contributed by atoms with Gasteiger partial charge in [0.25, 0.3) is 0 Å². The second-order valence-corrected chi connectivity index (χ2v) is 10.7. The number of aliphatic hydroxyl groups is 5. The Morgan fingerprint density at radius 1 is 0.846 bits per heavy atom. The monoisotopic (exact) mass is 562 g/mol. The van der Waals surface area contributed by atoms with Gasteiger partial charge in [-0.25, -0.2) is 0 Å². The Balaban J connectivity index is 2.77. The number of hydrogen-bond acceptors (Lipinski definition) is 9. The highest BCUT2D eigenvalue weighted by Crippen LogP contribution is 2.23. The number of aliphatic hydroxyl groups excluding tert-OH is 5. The zero-order valence-electron chi connectivity index (χ0n) is 24.1. The zero-order chi connectivity index (χ0) is 29.2. The van der Waals surface area contributed by atoms with E-state index in [0.29, 0.717) is 12.8 Å². The molecule has 11 nitrogen and oxygen atoms in total. The first-order chi connectivity index (χ1) is 18.6. The minimum atomic E-state index is -1.60. The lowest BCUT2D eigenvalue weighted by Crippen LogP contribution is -2.61. The molecule has 7 N–H and O–H groups in total. The molecule has 1 rings (SSSR count). The fourth-order valence-electron chi connectivity index (χ4n) is 4.63. The Hall–Kier alpha value is -1.34. The molecule has 11 heteroatoms. The molecule has 0 aliphatic carbocycles. The number of carbonyl (C=O) groups is 2. The van der Waals surface area contributed by atoms with Crippen LogP contribution < -0.4 is 10.6 Å². The summed E-state index contributed by atoms with van der Waals surface area (Å²) in [6.45, 7) is 5.13. The number of unbranched alkanes of at least 4 members (excludes halogenated alkanes) is 9. The van der Waals surface area contributed by atoms with Crippen molar-refractivity contribution in [2.75, 3.05) is 13.2 Å². The third-order valence-electron chi connectivity index (χ3n) is 7.17. The van der Waals surface area contributed by atoms with E-state index in [0.717, 1.165) is 57.8 Å². The summed E-state index contributed by atoms with van der Waals surface area (Å²) < 4.78 is 11.3. The topological polar surface area (TPSA) is 178 Å². The van der Waals surface area contributed by atoms with Crippen molar-refractivity contribution in [1.82, 2.24) is 10.6 Å². The molecule has 0 spiro atoms. The van der Waals surface area contributed by atoms with Gasteiger partial charge in [0, 0.05) is 19.9 Å². The van der Waals surface area contributed by atoms with E-state index in [1.807, 2.05) is 0 Å². The fourth-order valence-corrected chi connectivity index (χ4v) is 4.63. The summed E-state index contributed by atoms with van der Waals surface area (Å²) in [7, 11) is 0. The number of hydrogen-bond donors (Lipinski definition) is 7. The van der Waals surface area contributed by atoms with Crippen LogP contribution in [0.3, 0.4) is 0 Å². The normalized spacial score (nSPS) is 25.6. The van der Waals surface area contributed by atoms with Gasteiger partial charge in [-0.05, 0) is 12.8 Å². The van der Waals surface area contributed by atoms with E-state index >= 15 is 0 Å². The van der Waals surface area contributed by atoms with Crippen molar-refractivity contribution in [3.05, 3.63) is 0 Å². The van der Waals surface area contributed by atoms with Gasteiger partial charge in [-0.3, -0.25) is 9.59 Å². The molecule has 5 unspecified atom stereocenters. The van der Waals surface area contributed by atoms with Crippen molar-refractivity contribution < 1.29 is 44.6 Å². The molecule has 0 aromatic rings. The molecule has 230 valence electrons. The maximum absolute atomic E-state index is 12.7. The maximum Gasteiger partial charge on any atom is 0.220 e. The molecule has 2 amide bonds. The smallest absolute Gasteiger partial charge is 0.220 e. The van der Waals surface area contributed by atoms with Gasteiger partial charge >= 0.3 is 0 Å². The molecule has 0 radical (unpaired) electrons. The van der Waals surface area contributed by atoms with Crippen molar-refractivity contribution >= 4 is 11.8 Å². The molecule has 1 aliphatic rings. The third-order valence-corrected chi connectivity index (χ3v) is 7.17. The maximum atomic E-state index is 12.7. The van der Waals surface area contributed by atoms with Crippen LogP contribution in [0.15, 0.2) is 0 Å². The average Bonchev–Trinajstić information content (AvgIpc) is 2.91. The van der Waals surface area contributed by atoms with Crippen molar-refractivity contribution in [2.45, 2.75) is 153 Å². The molecule has 0 aromatic heterocycles. The Morgan fingerprint density at radius 2 is 1.44 bits per heavy atom. The zero-order valence-corrected chi connectivity index (χ0v) is 24.1. The first-order valence-electron chi connectivity index (χ1n) is 14.8. The third kappa shape index (κ3) is 14.2. The van der Waals surface area contributed by atoms with Crippen molar-refractivity contribution in [3.63, 3.8) is 0 Å². The summed E-state index contributed by atoms with van der Waals surface area (Å²) in [6.07, 6.45) is 2.17. The molecule has 39 heavy (non-hydrogen) atoms. The van der Waals surface area contributed by atoms with Gasteiger partial charge in [-0.15, -0.1) is 0 Å². The molecule has 1 fully saturated rings. The van der Waals surface area contributed by atoms with Crippen LogP contribution in [-0.2, 0) is 19.1 Å². The van der Waals surface area contributed by atoms with Crippen LogP contribution in [0.5, 0.6) is 0 Å². The van der Waals surface area contributed by atoms with E-state index in [9.17, 15) is 35.1 Å². The van der Waals surface area contributed by atoms with E-state index in [4.69, 9.17) is 9.47 Å². The molecule has 1 heterocycles. The quantitative estimate of drug-likeness (QED) is 0.101. The first-order valence-corrected chi connectivity index (χ1v) is 14.8. The molecule has 8 atom stereocenters. The van der Waals surface area contributed by atoms with E-state index in [1.54, 1.807) is 0 Å². The minimum Gasteiger partial charge on any atom is -0.390 e. The molecule has 0 aromatic carbocycles. The number of rotatable bonds is 21. The first kappa shape index (κ1) is 35.7. The number of amides is 2. The Labute approximate surface area is 233 Å². The largest absolute Gasteiger partial charge is 0.390 e. The standard InChI is InChI=1S/C28H54N2O9/c1-4-6-8-10-12-14-16-23(33)30-20(24(34)21(32)15-13-11-9-7-5-2)18-38-28-27(37)26(36)25(35)22(39-28)17-29-19(3)31/h20-22,24-28,32,34-37H,4-18H2,1-3H3,(H,29,31)(H,30,33)/t20-,21+,22?,24-,25?,26?,27?,28?/m0/s1. The predicted molar refractivity (Wildman–Crippen MR) is 147 cm³/mol. The van der Waals surface area contributed by atoms with Crippen molar-refractivity contribution in [3.8, 4) is 0 Å². The van der Waals surface area contributed by atoms with E-state index in [1.165, 1.54) is 13.3 Å². The van der Waals surface area contributed by atoms with E-state index in [-0.39, 0.29) is 31.4 Å². The minimum absolute atomic E-state index is 0.113. The van der Waals surface area contributed by atoms with Gasteiger partial charge in [0.2, 0.25) is 11.8 Å². The fraction of sp³-hybridized carbons (Fsp3) is 0.929. The molecular weight excluding hydrogens is 508 g/mol. The van der Waals surface area contributed by atoms with Crippen molar-refractivity contribution in [2.24, 2.45) is 0 Å². The Bertz CT molecular complexity index is 669. The van der Waals surface area contributed by atoms with Gasteiger partial charge in [0.1, 0.15) is 30.5 Å². The van der Waals surface area contributed by atoms with Gasteiger partial charge in [-0.2, -0.15) is 0 Å². The van der Waals surface area contributed by atoms with Crippen LogP contribution >= 0.6 is 0 Å². The summed E-state index contributed by atoms with van der Waals surface area (Å²) in [5.41, 5.74) is 0. The summed E-state index contributed by atoms with van der Waals surface area (Å²) in [4.78, 5) is 23.9. The number of ether oxygens (including phenoxy) is 2. The summed E-state index contributed by atoms with van der Waals surface area (Å²) in [5.74, 6) is -0.638.